The summed E-state index contributed by atoms with van der Waals surface area (Å²) in [6, 6.07) is 10.1. The van der Waals surface area contributed by atoms with Crippen molar-refractivity contribution in [2.45, 2.75) is 94.8 Å². The molecule has 2 aromatic rings. The van der Waals surface area contributed by atoms with Crippen molar-refractivity contribution in [2.24, 2.45) is 0 Å². The standard InChI is InChI=1S/C27H37N5O2/c33-25-18-30(15-14-28-25)26-27(34)32(24-11-7-6-10-23(24)29-26)22-16-20-12-13-21(17-22)31(20)19-8-4-2-1-3-5-9-19/h6-7,10-11,19-22H,1-5,8-9,12-18H2,(H,28,33). The Labute approximate surface area is 201 Å². The molecule has 6 rings (SSSR count). The zero-order chi connectivity index (χ0) is 23.1. The van der Waals surface area contributed by atoms with E-state index < -0.39 is 0 Å². The predicted octanol–water partition coefficient (Wildman–Crippen LogP) is 3.61. The number of anilines is 1. The number of carbonyl (C=O) groups is 1. The first kappa shape index (κ1) is 22.1. The van der Waals surface area contributed by atoms with E-state index in [1.807, 2.05) is 33.7 Å². The summed E-state index contributed by atoms with van der Waals surface area (Å²) in [4.78, 5) is 35.4. The average molecular weight is 464 g/mol. The first-order valence-corrected chi connectivity index (χ1v) is 13.5. The van der Waals surface area contributed by atoms with Gasteiger partial charge < -0.3 is 14.8 Å². The third-order valence-electron chi connectivity index (χ3n) is 8.74. The minimum atomic E-state index is -0.0438. The number of benzene rings is 1. The van der Waals surface area contributed by atoms with Crippen molar-refractivity contribution in [3.63, 3.8) is 0 Å². The lowest BCUT2D eigenvalue weighted by molar-refractivity contribution is -0.120. The van der Waals surface area contributed by atoms with Crippen LogP contribution >= 0.6 is 0 Å². The van der Waals surface area contributed by atoms with Crippen molar-refractivity contribution < 1.29 is 4.79 Å². The van der Waals surface area contributed by atoms with Crippen LogP contribution in [0.5, 0.6) is 0 Å². The molecule has 2 bridgehead atoms. The third kappa shape index (κ3) is 4.02. The number of amides is 1. The molecule has 182 valence electrons. The van der Waals surface area contributed by atoms with Crippen molar-refractivity contribution in [3.8, 4) is 0 Å². The molecule has 2 atom stereocenters. The highest BCUT2D eigenvalue weighted by Crippen LogP contribution is 2.44. The molecule has 34 heavy (non-hydrogen) atoms. The minimum Gasteiger partial charge on any atom is -0.353 e. The topological polar surface area (TPSA) is 70.5 Å². The van der Waals surface area contributed by atoms with Crippen LogP contribution in [0.15, 0.2) is 29.1 Å². The Balaban J connectivity index is 1.33. The van der Waals surface area contributed by atoms with Gasteiger partial charge in [-0.1, -0.05) is 44.2 Å². The molecule has 4 fully saturated rings. The summed E-state index contributed by atoms with van der Waals surface area (Å²) in [7, 11) is 0. The molecule has 3 aliphatic heterocycles. The molecule has 1 N–H and O–H groups in total. The molecule has 3 saturated heterocycles. The number of nitrogens with zero attached hydrogens (tertiary/aromatic N) is 4. The van der Waals surface area contributed by atoms with Crippen molar-refractivity contribution in [3.05, 3.63) is 34.6 Å². The molecule has 4 heterocycles. The van der Waals surface area contributed by atoms with Crippen LogP contribution in [0.3, 0.4) is 0 Å². The Bertz CT molecular complexity index is 1090. The van der Waals surface area contributed by atoms with Crippen LogP contribution < -0.4 is 15.8 Å². The van der Waals surface area contributed by atoms with Crippen molar-refractivity contribution >= 4 is 22.8 Å². The molecule has 1 aromatic carbocycles. The summed E-state index contributed by atoms with van der Waals surface area (Å²) < 4.78 is 2.05. The minimum absolute atomic E-state index is 0.0304. The predicted molar refractivity (Wildman–Crippen MR) is 134 cm³/mol. The fraction of sp³-hybridized carbons (Fsp3) is 0.667. The molecule has 7 heteroatoms. The maximum atomic E-state index is 13.9. The second kappa shape index (κ2) is 9.33. The molecule has 2 unspecified atom stereocenters. The maximum absolute atomic E-state index is 13.9. The second-order valence-corrected chi connectivity index (χ2v) is 10.8. The van der Waals surface area contributed by atoms with Gasteiger partial charge in [-0.3, -0.25) is 14.5 Å². The number of nitrogens with one attached hydrogen (secondary N) is 1. The van der Waals surface area contributed by atoms with Crippen LogP contribution in [0.4, 0.5) is 5.82 Å². The molecular formula is C27H37N5O2. The van der Waals surface area contributed by atoms with Crippen LogP contribution in [-0.4, -0.2) is 58.1 Å². The number of hydrogen-bond donors (Lipinski definition) is 1. The van der Waals surface area contributed by atoms with E-state index >= 15 is 0 Å². The normalized spacial score (nSPS) is 29.1. The average Bonchev–Trinajstić information content (AvgIpc) is 3.07. The number of hydrogen-bond acceptors (Lipinski definition) is 5. The van der Waals surface area contributed by atoms with Gasteiger partial charge in [-0.2, -0.15) is 0 Å². The quantitative estimate of drug-likeness (QED) is 0.753. The number of fused-ring (bicyclic) bond motifs is 3. The lowest BCUT2D eigenvalue weighted by atomic mass is 9.89. The summed E-state index contributed by atoms with van der Waals surface area (Å²) in [5, 5.41) is 2.86. The van der Waals surface area contributed by atoms with Crippen molar-refractivity contribution in [1.82, 2.24) is 19.8 Å². The summed E-state index contributed by atoms with van der Waals surface area (Å²) in [5.41, 5.74) is 1.75. The number of piperidine rings is 1. The van der Waals surface area contributed by atoms with Gasteiger partial charge in [0.15, 0.2) is 5.82 Å². The van der Waals surface area contributed by atoms with E-state index in [-0.39, 0.29) is 24.1 Å². The fourth-order valence-electron chi connectivity index (χ4n) is 7.25. The lowest BCUT2D eigenvalue weighted by Gasteiger charge is -2.45. The van der Waals surface area contributed by atoms with E-state index in [4.69, 9.17) is 4.98 Å². The van der Waals surface area contributed by atoms with E-state index in [1.165, 1.54) is 57.8 Å². The number of aromatic nitrogens is 2. The van der Waals surface area contributed by atoms with Gasteiger partial charge in [0.25, 0.3) is 5.56 Å². The largest absolute Gasteiger partial charge is 0.353 e. The summed E-state index contributed by atoms with van der Waals surface area (Å²) >= 11 is 0. The monoisotopic (exact) mass is 463 g/mol. The first-order valence-electron chi connectivity index (χ1n) is 13.5. The first-order chi connectivity index (χ1) is 16.7. The SMILES string of the molecule is O=C1CN(c2nc3ccccc3n(C3CC4CCC(C3)N4C3CCCCCCC3)c2=O)CCN1. The smallest absolute Gasteiger partial charge is 0.294 e. The molecule has 0 spiro atoms. The maximum Gasteiger partial charge on any atom is 0.294 e. The van der Waals surface area contributed by atoms with Crippen molar-refractivity contribution in [2.75, 3.05) is 24.5 Å². The molecular weight excluding hydrogens is 426 g/mol. The number of rotatable bonds is 3. The number of piperazine rings is 1. The summed E-state index contributed by atoms with van der Waals surface area (Å²) in [5.74, 6) is 0.390. The van der Waals surface area contributed by atoms with Gasteiger partial charge in [-0.05, 0) is 50.7 Å². The Kier molecular flexibility index (Phi) is 6.06. The molecule has 1 aromatic heterocycles. The highest BCUT2D eigenvalue weighted by atomic mass is 16.2. The molecule has 1 amide bonds. The molecule has 4 aliphatic rings. The van der Waals surface area contributed by atoms with Crippen molar-refractivity contribution in [1.29, 1.82) is 0 Å². The Morgan fingerprint density at radius 3 is 2.26 bits per heavy atom. The van der Waals surface area contributed by atoms with Gasteiger partial charge in [-0.15, -0.1) is 0 Å². The van der Waals surface area contributed by atoms with Gasteiger partial charge in [0.05, 0.1) is 17.6 Å². The van der Waals surface area contributed by atoms with Crippen LogP contribution in [0.25, 0.3) is 11.0 Å². The van der Waals surface area contributed by atoms with Crippen LogP contribution in [0, 0.1) is 0 Å². The number of carbonyl (C=O) groups excluding carboxylic acids is 1. The van der Waals surface area contributed by atoms with Gasteiger partial charge in [0.1, 0.15) is 0 Å². The van der Waals surface area contributed by atoms with E-state index in [0.29, 0.717) is 31.0 Å². The second-order valence-electron chi connectivity index (χ2n) is 10.8. The highest BCUT2D eigenvalue weighted by molar-refractivity contribution is 5.83. The van der Waals surface area contributed by atoms with Crippen LogP contribution in [-0.2, 0) is 4.79 Å². The summed E-state index contributed by atoms with van der Waals surface area (Å²) in [6.07, 6.45) is 14.2. The molecule has 0 radical (unpaired) electrons. The molecule has 1 saturated carbocycles. The Morgan fingerprint density at radius 1 is 0.824 bits per heavy atom. The van der Waals surface area contributed by atoms with E-state index in [0.717, 1.165) is 29.9 Å². The van der Waals surface area contributed by atoms with Gasteiger partial charge in [-0.25, -0.2) is 4.98 Å². The van der Waals surface area contributed by atoms with Gasteiger partial charge in [0.2, 0.25) is 5.91 Å². The number of para-hydroxylation sites is 2. The zero-order valence-corrected chi connectivity index (χ0v) is 20.1. The fourth-order valence-corrected chi connectivity index (χ4v) is 7.25. The Morgan fingerprint density at radius 2 is 1.53 bits per heavy atom. The zero-order valence-electron chi connectivity index (χ0n) is 20.1. The van der Waals surface area contributed by atoms with E-state index in [2.05, 4.69) is 10.2 Å². The van der Waals surface area contributed by atoms with E-state index in [9.17, 15) is 9.59 Å². The van der Waals surface area contributed by atoms with Crippen LogP contribution in [0.2, 0.25) is 0 Å². The van der Waals surface area contributed by atoms with Gasteiger partial charge >= 0.3 is 0 Å². The highest BCUT2D eigenvalue weighted by Gasteiger charge is 2.44. The van der Waals surface area contributed by atoms with Gasteiger partial charge in [0, 0.05) is 37.3 Å². The van der Waals surface area contributed by atoms with Crippen LogP contribution in [0.1, 0.15) is 76.7 Å². The molecule has 1 aliphatic carbocycles. The summed E-state index contributed by atoms with van der Waals surface area (Å²) in [6.45, 7) is 1.38. The molecule has 7 nitrogen and oxygen atoms in total. The van der Waals surface area contributed by atoms with E-state index in [1.54, 1.807) is 0 Å². The third-order valence-corrected chi connectivity index (χ3v) is 8.74. The lowest BCUT2D eigenvalue weighted by Crippen LogP contribution is -2.52. The Hall–Kier alpha value is -2.41.